The van der Waals surface area contributed by atoms with Gasteiger partial charge < -0.3 is 4.74 Å². The van der Waals surface area contributed by atoms with Crippen molar-refractivity contribution in [2.45, 2.75) is 10.5 Å². The Bertz CT molecular complexity index is 817. The highest BCUT2D eigenvalue weighted by Crippen LogP contribution is 2.41. The third-order valence-corrected chi connectivity index (χ3v) is 3.82. The fourth-order valence-electron chi connectivity index (χ4n) is 2.22. The minimum Gasteiger partial charge on any atom is -0.497 e. The van der Waals surface area contributed by atoms with Crippen molar-refractivity contribution in [2.75, 3.05) is 7.11 Å². The lowest BCUT2D eigenvalue weighted by atomic mass is 10.1. The molecule has 2 nitrogen and oxygen atoms in total. The lowest BCUT2D eigenvalue weighted by Crippen LogP contribution is -2.01. The van der Waals surface area contributed by atoms with Crippen molar-refractivity contribution in [3.05, 3.63) is 42.5 Å². The smallest absolute Gasteiger partial charge is 0.447 e. The van der Waals surface area contributed by atoms with E-state index in [4.69, 9.17) is 4.74 Å². The second kappa shape index (κ2) is 5.11. The number of fused-ring (bicyclic) bond motifs is 3. The van der Waals surface area contributed by atoms with E-state index in [-0.39, 0.29) is 16.8 Å². The fourth-order valence-corrected chi connectivity index (χ4v) is 2.86. The molecule has 0 radical (unpaired) electrons. The van der Waals surface area contributed by atoms with Crippen LogP contribution in [0.25, 0.3) is 21.7 Å². The van der Waals surface area contributed by atoms with Crippen LogP contribution in [0.15, 0.2) is 47.5 Å². The molecule has 6 heteroatoms. The normalized spacial score (nSPS) is 12.0. The Morgan fingerprint density at radius 2 is 1.76 bits per heavy atom. The topological polar surface area (TPSA) is 22.1 Å². The summed E-state index contributed by atoms with van der Waals surface area (Å²) in [5.41, 5.74) is -3.84. The van der Waals surface area contributed by atoms with Gasteiger partial charge in [-0.3, -0.25) is 0 Å². The number of para-hydroxylation sites is 1. The summed E-state index contributed by atoms with van der Waals surface area (Å²) in [6.45, 7) is 0. The van der Waals surface area contributed by atoms with E-state index in [1.54, 1.807) is 30.3 Å². The Morgan fingerprint density at radius 1 is 1.00 bits per heavy atom. The molecule has 0 N–H and O–H groups in total. The predicted molar refractivity (Wildman–Crippen MR) is 77.7 cm³/mol. The predicted octanol–water partition coefficient (Wildman–Crippen LogP) is 5.01. The molecule has 108 valence electrons. The number of benzene rings is 2. The molecule has 0 aliphatic heterocycles. The monoisotopic (exact) mass is 309 g/mol. The van der Waals surface area contributed by atoms with Gasteiger partial charge in [-0.15, -0.1) is 0 Å². The molecule has 0 amide bonds. The Kier molecular flexibility index (Phi) is 3.41. The third kappa shape index (κ3) is 2.76. The summed E-state index contributed by atoms with van der Waals surface area (Å²) in [4.78, 5) is 4.15. The summed E-state index contributed by atoms with van der Waals surface area (Å²) in [6.07, 6.45) is 0. The molecule has 0 atom stereocenters. The average Bonchev–Trinajstić information content (AvgIpc) is 2.45. The fraction of sp³-hybridized carbons (Fsp3) is 0.133. The number of thioether (sulfide) groups is 1. The number of halogens is 3. The highest BCUT2D eigenvalue weighted by Gasteiger charge is 2.31. The maximum absolute atomic E-state index is 12.7. The molecule has 3 rings (SSSR count). The summed E-state index contributed by atoms with van der Waals surface area (Å²) < 4.78 is 43.3. The number of nitrogens with zero attached hydrogens (tertiary/aromatic N) is 1. The van der Waals surface area contributed by atoms with Crippen LogP contribution in [0, 0.1) is 0 Å². The number of methoxy groups -OCH3 is 1. The molecule has 0 bridgehead atoms. The lowest BCUT2D eigenvalue weighted by Gasteiger charge is -2.11. The van der Waals surface area contributed by atoms with Crippen molar-refractivity contribution < 1.29 is 17.9 Å². The van der Waals surface area contributed by atoms with Crippen molar-refractivity contribution >= 4 is 33.4 Å². The van der Waals surface area contributed by atoms with Crippen LogP contribution >= 0.6 is 11.8 Å². The molecule has 0 aliphatic carbocycles. The maximum Gasteiger partial charge on any atom is 0.447 e. The van der Waals surface area contributed by atoms with Crippen LogP contribution < -0.4 is 4.74 Å². The Morgan fingerprint density at radius 3 is 2.48 bits per heavy atom. The van der Waals surface area contributed by atoms with Crippen LogP contribution in [0.1, 0.15) is 0 Å². The molecular weight excluding hydrogens is 299 g/mol. The molecule has 0 saturated carbocycles. The van der Waals surface area contributed by atoms with Gasteiger partial charge >= 0.3 is 5.51 Å². The summed E-state index contributed by atoms with van der Waals surface area (Å²) in [5.74, 6) is 0.503. The first-order valence-corrected chi connectivity index (χ1v) is 6.92. The van der Waals surface area contributed by atoms with E-state index in [9.17, 15) is 13.2 Å². The summed E-state index contributed by atoms with van der Waals surface area (Å²) in [6, 6.07) is 12.2. The van der Waals surface area contributed by atoms with Crippen LogP contribution in [0.4, 0.5) is 13.2 Å². The first-order valence-electron chi connectivity index (χ1n) is 6.10. The average molecular weight is 309 g/mol. The largest absolute Gasteiger partial charge is 0.497 e. The van der Waals surface area contributed by atoms with E-state index in [0.29, 0.717) is 16.7 Å². The molecule has 0 aliphatic rings. The van der Waals surface area contributed by atoms with E-state index in [1.165, 1.54) is 7.11 Å². The number of hydrogen-bond donors (Lipinski definition) is 0. The second-order valence-corrected chi connectivity index (χ2v) is 5.45. The summed E-state index contributed by atoms with van der Waals surface area (Å²) >= 11 is -0.202. The van der Waals surface area contributed by atoms with Crippen LogP contribution in [-0.2, 0) is 0 Å². The van der Waals surface area contributed by atoms with Gasteiger partial charge in [0.1, 0.15) is 10.8 Å². The van der Waals surface area contributed by atoms with E-state index in [1.807, 2.05) is 12.1 Å². The van der Waals surface area contributed by atoms with Gasteiger partial charge in [0, 0.05) is 22.5 Å². The standard InChI is InChI=1S/C15H10F3NOS/c1-20-9-6-7-10-11-4-2-3-5-13(11)19-14(12(10)8-9)21-15(16,17)18/h2-8H,1H3. The Labute approximate surface area is 122 Å². The highest BCUT2D eigenvalue weighted by atomic mass is 32.2. The second-order valence-electron chi connectivity index (χ2n) is 4.39. The molecule has 0 spiro atoms. The zero-order valence-electron chi connectivity index (χ0n) is 10.9. The van der Waals surface area contributed by atoms with E-state index >= 15 is 0 Å². The molecule has 2 aromatic carbocycles. The Balaban J connectivity index is 2.35. The number of aromatic nitrogens is 1. The first-order chi connectivity index (χ1) is 9.98. The van der Waals surface area contributed by atoms with Gasteiger partial charge in [0.25, 0.3) is 0 Å². The van der Waals surface area contributed by atoms with Gasteiger partial charge in [0.15, 0.2) is 0 Å². The quantitative estimate of drug-likeness (QED) is 0.491. The van der Waals surface area contributed by atoms with Gasteiger partial charge in [-0.1, -0.05) is 18.2 Å². The highest BCUT2D eigenvalue weighted by molar-refractivity contribution is 8.00. The zero-order valence-corrected chi connectivity index (χ0v) is 11.8. The third-order valence-electron chi connectivity index (χ3n) is 3.09. The van der Waals surface area contributed by atoms with Gasteiger partial charge in [-0.2, -0.15) is 13.2 Å². The van der Waals surface area contributed by atoms with E-state index < -0.39 is 5.51 Å². The van der Waals surface area contributed by atoms with E-state index in [0.717, 1.165) is 10.8 Å². The lowest BCUT2D eigenvalue weighted by molar-refractivity contribution is -0.0328. The van der Waals surface area contributed by atoms with Gasteiger partial charge in [-0.05, 0) is 29.7 Å². The number of alkyl halides is 3. The van der Waals surface area contributed by atoms with Crippen molar-refractivity contribution in [1.82, 2.24) is 4.98 Å². The van der Waals surface area contributed by atoms with Crippen molar-refractivity contribution in [3.8, 4) is 5.75 Å². The summed E-state index contributed by atoms with van der Waals surface area (Å²) in [7, 11) is 1.48. The molecule has 3 aromatic rings. The molecule has 0 saturated heterocycles. The SMILES string of the molecule is COc1ccc2c(c1)c(SC(F)(F)F)nc1ccccc12. The van der Waals surface area contributed by atoms with Crippen molar-refractivity contribution in [3.63, 3.8) is 0 Å². The van der Waals surface area contributed by atoms with Crippen LogP contribution in [0.3, 0.4) is 0 Å². The van der Waals surface area contributed by atoms with Crippen LogP contribution in [0.2, 0.25) is 0 Å². The number of pyridine rings is 1. The maximum atomic E-state index is 12.7. The number of hydrogen-bond acceptors (Lipinski definition) is 3. The van der Waals surface area contributed by atoms with Crippen molar-refractivity contribution in [1.29, 1.82) is 0 Å². The number of rotatable bonds is 2. The molecule has 1 aromatic heterocycles. The minimum atomic E-state index is -4.38. The molecule has 0 fully saturated rings. The molecule has 1 heterocycles. The zero-order chi connectivity index (χ0) is 15.0. The minimum absolute atomic E-state index is 0.0601. The van der Waals surface area contributed by atoms with Crippen LogP contribution in [-0.4, -0.2) is 17.6 Å². The van der Waals surface area contributed by atoms with Gasteiger partial charge in [0.2, 0.25) is 0 Å². The molecule has 0 unspecified atom stereocenters. The van der Waals surface area contributed by atoms with Gasteiger partial charge in [0.05, 0.1) is 12.6 Å². The summed E-state index contributed by atoms with van der Waals surface area (Å²) in [5, 5.41) is 1.93. The molecule has 21 heavy (non-hydrogen) atoms. The van der Waals surface area contributed by atoms with Crippen molar-refractivity contribution in [2.24, 2.45) is 0 Å². The van der Waals surface area contributed by atoms with E-state index in [2.05, 4.69) is 4.98 Å². The van der Waals surface area contributed by atoms with Crippen LogP contribution in [0.5, 0.6) is 5.75 Å². The number of ether oxygens (including phenoxy) is 1. The molecular formula is C15H10F3NOS. The van der Waals surface area contributed by atoms with Gasteiger partial charge in [-0.25, -0.2) is 4.98 Å². The first kappa shape index (κ1) is 14.0. The Hall–Kier alpha value is -1.95.